The summed E-state index contributed by atoms with van der Waals surface area (Å²) in [6, 6.07) is 14.3. The third kappa shape index (κ3) is 4.45. The topological polar surface area (TPSA) is 72.2 Å². The standard InChI is InChI=1S/C17H18N2O2/c1-12-5-7-13(8-6-12)16(20)9-10-17(21)19-15-4-2-3-14(18)11-15/h2-8,11H,9-10,18H2,1H3,(H,19,21). The van der Waals surface area contributed by atoms with Crippen molar-refractivity contribution < 1.29 is 9.59 Å². The lowest BCUT2D eigenvalue weighted by atomic mass is 10.0. The molecular formula is C17H18N2O2. The second-order valence-electron chi connectivity index (χ2n) is 4.96. The van der Waals surface area contributed by atoms with Gasteiger partial charge in [-0.2, -0.15) is 0 Å². The van der Waals surface area contributed by atoms with Crippen molar-refractivity contribution in [3.63, 3.8) is 0 Å². The van der Waals surface area contributed by atoms with Crippen molar-refractivity contribution in [3.8, 4) is 0 Å². The Balaban J connectivity index is 1.86. The molecule has 0 aliphatic carbocycles. The van der Waals surface area contributed by atoms with Crippen molar-refractivity contribution in [1.82, 2.24) is 0 Å². The Morgan fingerprint density at radius 3 is 2.43 bits per heavy atom. The molecular weight excluding hydrogens is 264 g/mol. The van der Waals surface area contributed by atoms with Gasteiger partial charge in [0.25, 0.3) is 0 Å². The Bertz CT molecular complexity index is 648. The summed E-state index contributed by atoms with van der Waals surface area (Å²) in [5.74, 6) is -0.223. The molecule has 2 rings (SSSR count). The van der Waals surface area contributed by atoms with E-state index in [-0.39, 0.29) is 24.5 Å². The van der Waals surface area contributed by atoms with Crippen molar-refractivity contribution in [2.45, 2.75) is 19.8 Å². The summed E-state index contributed by atoms with van der Waals surface area (Å²) in [6.45, 7) is 1.97. The van der Waals surface area contributed by atoms with Crippen LogP contribution < -0.4 is 11.1 Å². The molecule has 0 aromatic heterocycles. The summed E-state index contributed by atoms with van der Waals surface area (Å²) in [5.41, 5.74) is 8.61. The normalized spacial score (nSPS) is 10.1. The highest BCUT2D eigenvalue weighted by Gasteiger charge is 2.09. The van der Waals surface area contributed by atoms with Crippen molar-refractivity contribution in [1.29, 1.82) is 0 Å². The van der Waals surface area contributed by atoms with E-state index in [2.05, 4.69) is 5.32 Å². The lowest BCUT2D eigenvalue weighted by Crippen LogP contribution is -2.13. The minimum absolute atomic E-state index is 0.0299. The predicted molar refractivity (Wildman–Crippen MR) is 84.2 cm³/mol. The van der Waals surface area contributed by atoms with E-state index in [0.29, 0.717) is 16.9 Å². The molecule has 0 bridgehead atoms. The van der Waals surface area contributed by atoms with Gasteiger partial charge in [-0.1, -0.05) is 35.9 Å². The largest absolute Gasteiger partial charge is 0.399 e. The van der Waals surface area contributed by atoms with Gasteiger partial charge in [0.2, 0.25) is 5.91 Å². The van der Waals surface area contributed by atoms with Crippen LogP contribution in [-0.4, -0.2) is 11.7 Å². The average Bonchev–Trinajstić information content (AvgIpc) is 2.45. The minimum Gasteiger partial charge on any atom is -0.399 e. The van der Waals surface area contributed by atoms with Crippen LogP contribution in [0, 0.1) is 6.92 Å². The average molecular weight is 282 g/mol. The predicted octanol–water partition coefficient (Wildman–Crippen LogP) is 3.18. The number of nitrogens with one attached hydrogen (secondary N) is 1. The van der Waals surface area contributed by atoms with Gasteiger partial charge in [-0.25, -0.2) is 0 Å². The van der Waals surface area contributed by atoms with Gasteiger partial charge in [0.05, 0.1) is 0 Å². The number of nitrogens with two attached hydrogens (primary N) is 1. The van der Waals surface area contributed by atoms with Crippen LogP contribution in [0.4, 0.5) is 11.4 Å². The summed E-state index contributed by atoms with van der Waals surface area (Å²) in [6.07, 6.45) is 0.346. The van der Waals surface area contributed by atoms with Gasteiger partial charge in [-0.15, -0.1) is 0 Å². The number of hydrogen-bond acceptors (Lipinski definition) is 3. The van der Waals surface area contributed by atoms with Crippen molar-refractivity contribution in [2.24, 2.45) is 0 Å². The third-order valence-electron chi connectivity index (χ3n) is 3.12. The van der Waals surface area contributed by atoms with Crippen molar-refractivity contribution in [2.75, 3.05) is 11.1 Å². The minimum atomic E-state index is -0.193. The fraction of sp³-hybridized carbons (Fsp3) is 0.176. The molecule has 2 aromatic rings. The van der Waals surface area contributed by atoms with E-state index >= 15 is 0 Å². The molecule has 21 heavy (non-hydrogen) atoms. The molecule has 4 nitrogen and oxygen atoms in total. The zero-order valence-electron chi connectivity index (χ0n) is 11.9. The number of carbonyl (C=O) groups is 2. The number of aryl methyl sites for hydroxylation is 1. The Morgan fingerprint density at radius 1 is 1.05 bits per heavy atom. The highest BCUT2D eigenvalue weighted by molar-refractivity contribution is 6.00. The number of Topliss-reactive ketones (excluding diaryl/α,β-unsaturated/α-hetero) is 1. The molecule has 0 heterocycles. The molecule has 0 aliphatic rings. The van der Waals surface area contributed by atoms with Crippen LogP contribution in [0.25, 0.3) is 0 Å². The van der Waals surface area contributed by atoms with Crippen LogP contribution in [0.3, 0.4) is 0 Å². The second kappa shape index (κ2) is 6.70. The zero-order valence-corrected chi connectivity index (χ0v) is 11.9. The van der Waals surface area contributed by atoms with Gasteiger partial charge in [-0.3, -0.25) is 9.59 Å². The third-order valence-corrected chi connectivity index (χ3v) is 3.12. The summed E-state index contributed by atoms with van der Waals surface area (Å²) in [7, 11) is 0. The number of benzene rings is 2. The van der Waals surface area contributed by atoms with E-state index in [9.17, 15) is 9.59 Å². The summed E-state index contributed by atoms with van der Waals surface area (Å²) < 4.78 is 0. The molecule has 0 atom stereocenters. The van der Waals surface area contributed by atoms with Crippen LogP contribution in [0.1, 0.15) is 28.8 Å². The molecule has 0 saturated heterocycles. The fourth-order valence-corrected chi connectivity index (χ4v) is 1.95. The Hall–Kier alpha value is -2.62. The maximum absolute atomic E-state index is 12.0. The van der Waals surface area contributed by atoms with Gasteiger partial charge in [0, 0.05) is 29.8 Å². The first-order valence-corrected chi connectivity index (χ1v) is 6.80. The first-order chi connectivity index (χ1) is 10.0. The van der Waals surface area contributed by atoms with E-state index in [0.717, 1.165) is 5.56 Å². The summed E-state index contributed by atoms with van der Waals surface area (Å²) in [5, 5.41) is 2.73. The van der Waals surface area contributed by atoms with Crippen LogP contribution >= 0.6 is 0 Å². The molecule has 3 N–H and O–H groups in total. The first kappa shape index (κ1) is 14.8. The highest BCUT2D eigenvalue weighted by atomic mass is 16.2. The Kier molecular flexibility index (Phi) is 4.72. The number of nitrogen functional groups attached to an aromatic ring is 1. The maximum atomic E-state index is 12.0. The van der Waals surface area contributed by atoms with Gasteiger partial charge >= 0.3 is 0 Å². The number of amides is 1. The molecule has 0 unspecified atom stereocenters. The van der Waals surface area contributed by atoms with Crippen LogP contribution in [0.5, 0.6) is 0 Å². The quantitative estimate of drug-likeness (QED) is 0.653. The maximum Gasteiger partial charge on any atom is 0.224 e. The summed E-state index contributed by atoms with van der Waals surface area (Å²) in [4.78, 5) is 23.8. The number of ketones is 1. The molecule has 1 amide bonds. The number of hydrogen-bond donors (Lipinski definition) is 2. The van der Waals surface area contributed by atoms with E-state index in [4.69, 9.17) is 5.73 Å². The number of rotatable bonds is 5. The number of carbonyl (C=O) groups excluding carboxylic acids is 2. The SMILES string of the molecule is Cc1ccc(C(=O)CCC(=O)Nc2cccc(N)c2)cc1. The molecule has 0 radical (unpaired) electrons. The zero-order chi connectivity index (χ0) is 15.2. The van der Waals surface area contributed by atoms with Crippen molar-refractivity contribution >= 4 is 23.1 Å². The molecule has 2 aromatic carbocycles. The number of anilines is 2. The van der Waals surface area contributed by atoms with Gasteiger partial charge in [-0.05, 0) is 25.1 Å². The lowest BCUT2D eigenvalue weighted by Gasteiger charge is -2.06. The molecule has 0 saturated carbocycles. The van der Waals surface area contributed by atoms with E-state index < -0.39 is 0 Å². The fourth-order valence-electron chi connectivity index (χ4n) is 1.95. The molecule has 0 spiro atoms. The van der Waals surface area contributed by atoms with E-state index in [1.54, 1.807) is 36.4 Å². The summed E-state index contributed by atoms with van der Waals surface area (Å²) >= 11 is 0. The van der Waals surface area contributed by atoms with E-state index in [1.807, 2.05) is 19.1 Å². The molecule has 0 aliphatic heterocycles. The van der Waals surface area contributed by atoms with Gasteiger partial charge < -0.3 is 11.1 Å². The molecule has 4 heteroatoms. The molecule has 0 fully saturated rings. The van der Waals surface area contributed by atoms with E-state index in [1.165, 1.54) is 0 Å². The first-order valence-electron chi connectivity index (χ1n) is 6.80. The van der Waals surface area contributed by atoms with Gasteiger partial charge in [0.15, 0.2) is 5.78 Å². The monoisotopic (exact) mass is 282 g/mol. The highest BCUT2D eigenvalue weighted by Crippen LogP contribution is 2.13. The van der Waals surface area contributed by atoms with Crippen LogP contribution in [0.15, 0.2) is 48.5 Å². The van der Waals surface area contributed by atoms with Crippen LogP contribution in [-0.2, 0) is 4.79 Å². The lowest BCUT2D eigenvalue weighted by molar-refractivity contribution is -0.116. The smallest absolute Gasteiger partial charge is 0.224 e. The Labute approximate surface area is 124 Å². The van der Waals surface area contributed by atoms with Crippen molar-refractivity contribution in [3.05, 3.63) is 59.7 Å². The van der Waals surface area contributed by atoms with Crippen LogP contribution in [0.2, 0.25) is 0 Å². The van der Waals surface area contributed by atoms with Gasteiger partial charge in [0.1, 0.15) is 0 Å². The second-order valence-corrected chi connectivity index (χ2v) is 4.96. The molecule has 108 valence electrons. The Morgan fingerprint density at radius 2 is 1.76 bits per heavy atom.